The summed E-state index contributed by atoms with van der Waals surface area (Å²) >= 11 is 7.52. The van der Waals surface area contributed by atoms with Crippen LogP contribution in [-0.4, -0.2) is 60.8 Å². The van der Waals surface area contributed by atoms with Gasteiger partial charge in [0.2, 0.25) is 5.75 Å². The maximum Gasteiger partial charge on any atom is 0.203 e. The predicted molar refractivity (Wildman–Crippen MR) is 127 cm³/mol. The molecule has 1 aromatic heterocycles. The molecular formula is C23H24ClNO6S. The molecule has 0 amide bonds. The number of nitrogens with one attached hydrogen (secondary N) is 1. The lowest BCUT2D eigenvalue weighted by Gasteiger charge is -2.15. The molecule has 0 aliphatic heterocycles. The van der Waals surface area contributed by atoms with Crippen LogP contribution in [0.5, 0.6) is 17.2 Å². The maximum atomic E-state index is 13.5. The smallest absolute Gasteiger partial charge is 0.203 e. The number of ether oxygens (including phenoxy) is 3. The Kier molecular flexibility index (Phi) is 8.09. The Labute approximate surface area is 194 Å². The topological polar surface area (TPSA) is 101 Å². The van der Waals surface area contributed by atoms with E-state index in [-0.39, 0.29) is 11.5 Å². The number of allylic oxidation sites excluding steroid dienone is 1. The summed E-state index contributed by atoms with van der Waals surface area (Å²) in [5.41, 5.74) is 1.89. The first-order valence-corrected chi connectivity index (χ1v) is 11.0. The van der Waals surface area contributed by atoms with Crippen LogP contribution in [0.2, 0.25) is 5.02 Å². The highest BCUT2D eigenvalue weighted by atomic mass is 35.5. The lowest BCUT2D eigenvalue weighted by molar-refractivity contribution is 0.104. The Morgan fingerprint density at radius 2 is 1.88 bits per heavy atom. The van der Waals surface area contributed by atoms with Gasteiger partial charge in [0.15, 0.2) is 17.3 Å². The van der Waals surface area contributed by atoms with Crippen LogP contribution in [0, 0.1) is 0 Å². The molecule has 1 heterocycles. The zero-order valence-corrected chi connectivity index (χ0v) is 19.4. The van der Waals surface area contributed by atoms with Crippen LogP contribution in [0.1, 0.15) is 15.9 Å². The van der Waals surface area contributed by atoms with Crippen molar-refractivity contribution in [3.8, 4) is 17.2 Å². The molecule has 7 nitrogen and oxygen atoms in total. The van der Waals surface area contributed by atoms with Gasteiger partial charge < -0.3 is 29.4 Å². The maximum absolute atomic E-state index is 13.5. The number of thioether (sulfide) groups is 1. The number of carbonyl (C=O) groups excluding carboxylic acids is 1. The molecule has 0 spiro atoms. The van der Waals surface area contributed by atoms with E-state index >= 15 is 0 Å². The van der Waals surface area contributed by atoms with Crippen molar-refractivity contribution in [1.29, 1.82) is 0 Å². The van der Waals surface area contributed by atoms with Crippen LogP contribution < -0.4 is 14.2 Å². The average Bonchev–Trinajstić information content (AvgIpc) is 3.23. The molecule has 1 atom stereocenters. The van der Waals surface area contributed by atoms with E-state index in [1.54, 1.807) is 30.5 Å². The second-order valence-electron chi connectivity index (χ2n) is 6.81. The monoisotopic (exact) mass is 477 g/mol. The van der Waals surface area contributed by atoms with Crippen molar-refractivity contribution >= 4 is 46.1 Å². The Balaban J connectivity index is 2.09. The molecular weight excluding hydrogens is 454 g/mol. The van der Waals surface area contributed by atoms with E-state index in [9.17, 15) is 15.0 Å². The molecule has 0 saturated heterocycles. The molecule has 3 N–H and O–H groups in total. The van der Waals surface area contributed by atoms with Gasteiger partial charge in [0, 0.05) is 34.0 Å². The van der Waals surface area contributed by atoms with Gasteiger partial charge in [-0.1, -0.05) is 17.7 Å². The van der Waals surface area contributed by atoms with Crippen molar-refractivity contribution in [3.63, 3.8) is 0 Å². The second-order valence-corrected chi connectivity index (χ2v) is 8.27. The quantitative estimate of drug-likeness (QED) is 0.298. The number of aliphatic hydroxyl groups is 2. The second kappa shape index (κ2) is 10.8. The molecule has 0 bridgehead atoms. The summed E-state index contributed by atoms with van der Waals surface area (Å²) in [7, 11) is 4.44. The summed E-state index contributed by atoms with van der Waals surface area (Å²) in [6.45, 7) is -0.405. The highest BCUT2D eigenvalue weighted by Crippen LogP contribution is 2.40. The number of aliphatic hydroxyl groups excluding tert-OH is 2. The fourth-order valence-electron chi connectivity index (χ4n) is 3.19. The minimum Gasteiger partial charge on any atom is -0.493 e. The minimum atomic E-state index is -0.970. The first kappa shape index (κ1) is 24.0. The van der Waals surface area contributed by atoms with Crippen LogP contribution in [0.4, 0.5) is 0 Å². The van der Waals surface area contributed by atoms with E-state index in [4.69, 9.17) is 25.8 Å². The minimum absolute atomic E-state index is 0.134. The van der Waals surface area contributed by atoms with Crippen LogP contribution in [0.15, 0.2) is 41.4 Å². The normalized spacial score (nSPS) is 12.6. The Hall–Kier alpha value is -2.65. The molecule has 0 saturated carbocycles. The standard InChI is InChI=1S/C23H24ClNO6S/c1-29-18-7-13(8-19(30-2)23(18)31-3)22(28)20(32-12-15(27)11-26)9-14-10-25-17-6-4-5-16(24)21(14)17/h4-10,15,25-27H,11-12H2,1-3H3/b20-9-. The van der Waals surface area contributed by atoms with E-state index in [0.29, 0.717) is 32.7 Å². The number of aromatic amines is 1. The van der Waals surface area contributed by atoms with Crippen LogP contribution in [-0.2, 0) is 0 Å². The fraction of sp³-hybridized carbons (Fsp3) is 0.261. The van der Waals surface area contributed by atoms with Crippen LogP contribution in [0.3, 0.4) is 0 Å². The van der Waals surface area contributed by atoms with Gasteiger partial charge in [-0.2, -0.15) is 0 Å². The van der Waals surface area contributed by atoms with E-state index in [1.165, 1.54) is 21.3 Å². The molecule has 0 radical (unpaired) electrons. The number of rotatable bonds is 10. The predicted octanol–water partition coefficient (Wildman–Crippen LogP) is 4.16. The summed E-state index contributed by atoms with van der Waals surface area (Å²) in [5, 5.41) is 20.4. The molecule has 0 aliphatic carbocycles. The number of hydrogen-bond acceptors (Lipinski definition) is 7. The van der Waals surface area contributed by atoms with Gasteiger partial charge in [-0.05, 0) is 30.3 Å². The molecule has 0 fully saturated rings. The van der Waals surface area contributed by atoms with Crippen molar-refractivity contribution in [1.82, 2.24) is 4.98 Å². The average molecular weight is 478 g/mol. The number of aromatic nitrogens is 1. The number of ketones is 1. The van der Waals surface area contributed by atoms with Gasteiger partial charge >= 0.3 is 0 Å². The Morgan fingerprint density at radius 3 is 2.47 bits per heavy atom. The molecule has 32 heavy (non-hydrogen) atoms. The van der Waals surface area contributed by atoms with Crippen molar-refractivity contribution in [2.24, 2.45) is 0 Å². The van der Waals surface area contributed by atoms with Gasteiger partial charge in [-0.15, -0.1) is 11.8 Å². The SMILES string of the molecule is COc1cc(C(=O)/C(=C/c2c[nH]c3cccc(Cl)c23)SCC(O)CO)cc(OC)c1OC. The number of benzene rings is 2. The summed E-state index contributed by atoms with van der Waals surface area (Å²) in [6, 6.07) is 8.65. The van der Waals surface area contributed by atoms with Gasteiger partial charge in [-0.3, -0.25) is 4.79 Å². The molecule has 3 rings (SSSR count). The number of H-pyrrole nitrogens is 1. The third kappa shape index (κ3) is 5.05. The zero-order chi connectivity index (χ0) is 23.3. The van der Waals surface area contributed by atoms with E-state index < -0.39 is 12.7 Å². The van der Waals surface area contributed by atoms with E-state index in [1.807, 2.05) is 12.1 Å². The van der Waals surface area contributed by atoms with Crippen molar-refractivity contribution < 1.29 is 29.2 Å². The molecule has 9 heteroatoms. The van der Waals surface area contributed by atoms with E-state index in [2.05, 4.69) is 4.98 Å². The molecule has 3 aromatic rings. The van der Waals surface area contributed by atoms with Gasteiger partial charge in [0.1, 0.15) is 0 Å². The Morgan fingerprint density at radius 1 is 1.19 bits per heavy atom. The highest BCUT2D eigenvalue weighted by molar-refractivity contribution is 8.04. The summed E-state index contributed by atoms with van der Waals surface area (Å²) in [6.07, 6.45) is 2.51. The van der Waals surface area contributed by atoms with Gasteiger partial charge in [-0.25, -0.2) is 0 Å². The largest absolute Gasteiger partial charge is 0.493 e. The van der Waals surface area contributed by atoms with Crippen LogP contribution >= 0.6 is 23.4 Å². The third-order valence-corrected chi connectivity index (χ3v) is 6.25. The first-order valence-electron chi connectivity index (χ1n) is 9.67. The summed E-state index contributed by atoms with van der Waals surface area (Å²) < 4.78 is 16.1. The zero-order valence-electron chi connectivity index (χ0n) is 17.8. The van der Waals surface area contributed by atoms with Crippen molar-refractivity contribution in [2.75, 3.05) is 33.7 Å². The molecule has 2 aromatic carbocycles. The van der Waals surface area contributed by atoms with Crippen molar-refractivity contribution in [3.05, 3.63) is 57.6 Å². The number of halogens is 1. The fourth-order valence-corrected chi connectivity index (χ4v) is 4.41. The van der Waals surface area contributed by atoms with Gasteiger partial charge in [0.25, 0.3) is 0 Å². The van der Waals surface area contributed by atoms with Crippen LogP contribution in [0.25, 0.3) is 17.0 Å². The number of Topliss-reactive ketones (excluding diaryl/α,β-unsaturated/α-hetero) is 1. The lowest BCUT2D eigenvalue weighted by Crippen LogP contribution is -2.16. The highest BCUT2D eigenvalue weighted by Gasteiger charge is 2.21. The number of carbonyl (C=O) groups is 1. The first-order chi connectivity index (χ1) is 15.4. The number of fused-ring (bicyclic) bond motifs is 1. The Bertz CT molecular complexity index is 1120. The lowest BCUT2D eigenvalue weighted by atomic mass is 10.1. The third-order valence-electron chi connectivity index (χ3n) is 4.76. The molecule has 0 aliphatic rings. The summed E-state index contributed by atoms with van der Waals surface area (Å²) in [4.78, 5) is 17.0. The van der Waals surface area contributed by atoms with Crippen molar-refractivity contribution in [2.45, 2.75) is 6.10 Å². The molecule has 170 valence electrons. The van der Waals surface area contributed by atoms with E-state index in [0.717, 1.165) is 28.2 Å². The number of methoxy groups -OCH3 is 3. The number of hydrogen-bond donors (Lipinski definition) is 3. The molecule has 1 unspecified atom stereocenters. The van der Waals surface area contributed by atoms with Gasteiger partial charge in [0.05, 0.1) is 44.0 Å². The summed E-state index contributed by atoms with van der Waals surface area (Å²) in [5.74, 6) is 0.911.